The molecular weight excluding hydrogens is 504 g/mol. The number of hydrogen-bond donors (Lipinski definition) is 0. The maximum atomic E-state index is 13.0. The number of esters is 1. The fourth-order valence-electron chi connectivity index (χ4n) is 5.59. The Hall–Kier alpha value is -1.12. The summed E-state index contributed by atoms with van der Waals surface area (Å²) in [5, 5.41) is 0. The molecule has 41 heavy (non-hydrogen) atoms. The lowest BCUT2D eigenvalue weighted by Gasteiger charge is -2.15. The fraction of sp³-hybridized carbons (Fsp3) is 0.895. The topological polar surface area (TPSA) is 43.4 Å². The van der Waals surface area contributed by atoms with Gasteiger partial charge in [-0.3, -0.25) is 9.59 Å². The molecule has 0 aromatic heterocycles. The zero-order valence-electron chi connectivity index (χ0n) is 28.2. The van der Waals surface area contributed by atoms with E-state index in [1.807, 2.05) is 0 Å². The number of carbonyl (C=O) groups excluding carboxylic acids is 2. The average Bonchev–Trinajstić information content (AvgIpc) is 2.97. The lowest BCUT2D eigenvalue weighted by Crippen LogP contribution is -2.26. The van der Waals surface area contributed by atoms with Crippen LogP contribution in [-0.4, -0.2) is 18.4 Å². The molecule has 0 saturated heterocycles. The highest BCUT2D eigenvalue weighted by Crippen LogP contribution is 2.19. The van der Waals surface area contributed by atoms with Crippen molar-refractivity contribution in [1.82, 2.24) is 0 Å². The zero-order valence-corrected chi connectivity index (χ0v) is 28.2. The van der Waals surface area contributed by atoms with E-state index in [1.165, 1.54) is 128 Å². The first-order valence-electron chi connectivity index (χ1n) is 18.5. The van der Waals surface area contributed by atoms with Crippen LogP contribution in [0, 0.1) is 5.92 Å². The summed E-state index contributed by atoms with van der Waals surface area (Å²) in [5.41, 5.74) is 0. The number of Topliss-reactive ketones (excluding diaryl/α,β-unsaturated/α-hetero) is 1. The summed E-state index contributed by atoms with van der Waals surface area (Å²) in [5.74, 6) is -0.669. The van der Waals surface area contributed by atoms with Gasteiger partial charge in [-0.15, -0.1) is 0 Å². The van der Waals surface area contributed by atoms with Gasteiger partial charge < -0.3 is 4.74 Å². The Labute approximate surface area is 257 Å². The number of ketones is 1. The average molecular weight is 577 g/mol. The molecule has 0 N–H and O–H groups in total. The SMILES string of the molecule is CCCCCCCC/C=C\CCCCCCC(C(=O)CCCCCCCCC)C(=O)OCCCCCCCCCC. The summed E-state index contributed by atoms with van der Waals surface area (Å²) < 4.78 is 5.64. The smallest absolute Gasteiger partial charge is 0.316 e. The van der Waals surface area contributed by atoms with Crippen LogP contribution in [0.2, 0.25) is 0 Å². The lowest BCUT2D eigenvalue weighted by atomic mass is 9.93. The summed E-state index contributed by atoms with van der Waals surface area (Å²) in [4.78, 5) is 25.9. The van der Waals surface area contributed by atoms with Gasteiger partial charge in [-0.05, 0) is 44.9 Å². The van der Waals surface area contributed by atoms with Crippen molar-refractivity contribution in [3.8, 4) is 0 Å². The van der Waals surface area contributed by atoms with Gasteiger partial charge in [-0.25, -0.2) is 0 Å². The standard InChI is InChI=1S/C38H72O3/c1-4-7-10-13-16-18-19-20-21-22-23-25-27-30-33-36(37(39)34-31-28-24-15-12-9-6-3)38(40)41-35-32-29-26-17-14-11-8-5-2/h20-21,36H,4-19,22-35H2,1-3H3/b21-20-. The van der Waals surface area contributed by atoms with Crippen LogP contribution in [0.25, 0.3) is 0 Å². The zero-order chi connectivity index (χ0) is 30.1. The van der Waals surface area contributed by atoms with Crippen LogP contribution in [-0.2, 0) is 14.3 Å². The van der Waals surface area contributed by atoms with Crippen molar-refractivity contribution >= 4 is 11.8 Å². The van der Waals surface area contributed by atoms with Crippen molar-refractivity contribution in [1.29, 1.82) is 0 Å². The second kappa shape index (κ2) is 33.4. The predicted octanol–water partition coefficient (Wildman–Crippen LogP) is 12.6. The van der Waals surface area contributed by atoms with Crippen molar-refractivity contribution in [2.75, 3.05) is 6.61 Å². The number of unbranched alkanes of at least 4 members (excludes halogenated alkanes) is 23. The van der Waals surface area contributed by atoms with Crippen LogP contribution in [0.15, 0.2) is 12.2 Å². The molecule has 0 fully saturated rings. The molecule has 0 amide bonds. The molecule has 1 atom stereocenters. The number of carbonyl (C=O) groups is 2. The predicted molar refractivity (Wildman–Crippen MR) is 180 cm³/mol. The van der Waals surface area contributed by atoms with E-state index in [9.17, 15) is 9.59 Å². The van der Waals surface area contributed by atoms with E-state index in [-0.39, 0.29) is 11.8 Å². The Bertz CT molecular complexity index is 582. The van der Waals surface area contributed by atoms with Gasteiger partial charge >= 0.3 is 5.97 Å². The first-order valence-corrected chi connectivity index (χ1v) is 18.5. The quantitative estimate of drug-likeness (QED) is 0.0338. The maximum Gasteiger partial charge on any atom is 0.316 e. The van der Waals surface area contributed by atoms with Crippen LogP contribution >= 0.6 is 0 Å². The van der Waals surface area contributed by atoms with E-state index in [1.54, 1.807) is 0 Å². The summed E-state index contributed by atoms with van der Waals surface area (Å²) in [6.07, 6.45) is 39.0. The van der Waals surface area contributed by atoms with Crippen LogP contribution in [0.3, 0.4) is 0 Å². The molecule has 0 aliphatic carbocycles. The lowest BCUT2D eigenvalue weighted by molar-refractivity contribution is -0.152. The minimum atomic E-state index is -0.540. The molecule has 0 radical (unpaired) electrons. The van der Waals surface area contributed by atoms with Gasteiger partial charge in [-0.2, -0.15) is 0 Å². The highest BCUT2D eigenvalue weighted by molar-refractivity contribution is 5.98. The highest BCUT2D eigenvalue weighted by Gasteiger charge is 2.26. The van der Waals surface area contributed by atoms with Gasteiger partial charge in [0, 0.05) is 6.42 Å². The van der Waals surface area contributed by atoms with E-state index < -0.39 is 5.92 Å². The minimum Gasteiger partial charge on any atom is -0.465 e. The summed E-state index contributed by atoms with van der Waals surface area (Å²) in [7, 11) is 0. The monoisotopic (exact) mass is 577 g/mol. The second-order valence-corrected chi connectivity index (χ2v) is 12.6. The summed E-state index contributed by atoms with van der Waals surface area (Å²) in [6.45, 7) is 7.23. The van der Waals surface area contributed by atoms with Gasteiger partial charge in [0.1, 0.15) is 11.7 Å². The van der Waals surface area contributed by atoms with Gasteiger partial charge in [0.15, 0.2) is 0 Å². The molecule has 0 aromatic carbocycles. The van der Waals surface area contributed by atoms with Gasteiger partial charge in [0.05, 0.1) is 6.61 Å². The first-order chi connectivity index (χ1) is 20.2. The Kier molecular flexibility index (Phi) is 32.5. The summed E-state index contributed by atoms with van der Waals surface area (Å²) >= 11 is 0. The number of allylic oxidation sites excluding steroid dienone is 2. The molecule has 0 spiro atoms. The van der Waals surface area contributed by atoms with Crippen molar-refractivity contribution in [2.45, 2.75) is 207 Å². The molecule has 0 rings (SSSR count). The Balaban J connectivity index is 4.23. The molecule has 3 nitrogen and oxygen atoms in total. The molecule has 0 saturated carbocycles. The number of rotatable bonds is 33. The Morgan fingerprint density at radius 1 is 0.488 bits per heavy atom. The Morgan fingerprint density at radius 3 is 1.37 bits per heavy atom. The first kappa shape index (κ1) is 39.9. The van der Waals surface area contributed by atoms with Crippen LogP contribution in [0.5, 0.6) is 0 Å². The van der Waals surface area contributed by atoms with E-state index in [4.69, 9.17) is 4.74 Å². The molecule has 3 heteroatoms. The van der Waals surface area contributed by atoms with E-state index in [2.05, 4.69) is 32.9 Å². The third-order valence-corrected chi connectivity index (χ3v) is 8.45. The molecular formula is C38H72O3. The highest BCUT2D eigenvalue weighted by atomic mass is 16.5. The molecule has 0 aromatic rings. The van der Waals surface area contributed by atoms with Crippen molar-refractivity contribution in [3.63, 3.8) is 0 Å². The van der Waals surface area contributed by atoms with Crippen LogP contribution in [0.4, 0.5) is 0 Å². The minimum absolute atomic E-state index is 0.122. The normalized spacial score (nSPS) is 12.3. The van der Waals surface area contributed by atoms with E-state index in [0.717, 1.165) is 44.9 Å². The van der Waals surface area contributed by atoms with Crippen molar-refractivity contribution in [2.24, 2.45) is 5.92 Å². The van der Waals surface area contributed by atoms with E-state index in [0.29, 0.717) is 19.4 Å². The van der Waals surface area contributed by atoms with Crippen molar-refractivity contribution in [3.05, 3.63) is 12.2 Å². The molecule has 242 valence electrons. The molecule has 0 heterocycles. The third-order valence-electron chi connectivity index (χ3n) is 8.45. The largest absolute Gasteiger partial charge is 0.465 e. The molecule has 0 aliphatic rings. The number of ether oxygens (including phenoxy) is 1. The van der Waals surface area contributed by atoms with Gasteiger partial charge in [0.25, 0.3) is 0 Å². The van der Waals surface area contributed by atoms with Crippen molar-refractivity contribution < 1.29 is 14.3 Å². The molecule has 0 bridgehead atoms. The fourth-order valence-corrected chi connectivity index (χ4v) is 5.59. The number of hydrogen-bond acceptors (Lipinski definition) is 3. The summed E-state index contributed by atoms with van der Waals surface area (Å²) in [6, 6.07) is 0. The second-order valence-electron chi connectivity index (χ2n) is 12.6. The van der Waals surface area contributed by atoms with Crippen LogP contribution < -0.4 is 0 Å². The van der Waals surface area contributed by atoms with E-state index >= 15 is 0 Å². The maximum absolute atomic E-state index is 13.0. The van der Waals surface area contributed by atoms with Crippen LogP contribution in [0.1, 0.15) is 207 Å². The third kappa shape index (κ3) is 28.8. The molecule has 0 aliphatic heterocycles. The van der Waals surface area contributed by atoms with Gasteiger partial charge in [-0.1, -0.05) is 168 Å². The Morgan fingerprint density at radius 2 is 0.878 bits per heavy atom. The van der Waals surface area contributed by atoms with Gasteiger partial charge in [0.2, 0.25) is 0 Å². The molecule has 1 unspecified atom stereocenters.